The summed E-state index contributed by atoms with van der Waals surface area (Å²) in [6.07, 6.45) is -4.35. The molecule has 0 spiro atoms. The first-order valence-electron chi connectivity index (χ1n) is 6.47. The van der Waals surface area contributed by atoms with Crippen molar-refractivity contribution in [3.05, 3.63) is 59.2 Å². The van der Waals surface area contributed by atoms with Crippen LogP contribution in [0.2, 0.25) is 0 Å². The van der Waals surface area contributed by atoms with Crippen molar-refractivity contribution in [2.75, 3.05) is 5.73 Å². The summed E-state index contributed by atoms with van der Waals surface area (Å²) in [5.41, 5.74) is 6.34. The normalized spacial score (nSPS) is 11.3. The molecular formula is C16H14F3NO2. The number of halogens is 3. The van der Waals surface area contributed by atoms with Gasteiger partial charge in [-0.15, -0.1) is 0 Å². The predicted octanol–water partition coefficient (Wildman–Crippen LogP) is 4.07. The molecule has 0 amide bonds. The number of hydrogen-bond acceptors (Lipinski definition) is 3. The maximum atomic E-state index is 12.4. The van der Waals surface area contributed by atoms with Gasteiger partial charge in [-0.25, -0.2) is 0 Å². The van der Waals surface area contributed by atoms with Crippen LogP contribution >= 0.6 is 0 Å². The van der Waals surface area contributed by atoms with E-state index >= 15 is 0 Å². The third-order valence-corrected chi connectivity index (χ3v) is 3.09. The Hall–Kier alpha value is -2.50. The van der Waals surface area contributed by atoms with Crippen molar-refractivity contribution in [2.45, 2.75) is 19.7 Å². The number of nitrogens with two attached hydrogens (primary N) is 1. The Morgan fingerprint density at radius 2 is 1.77 bits per heavy atom. The molecule has 0 aliphatic carbocycles. The lowest BCUT2D eigenvalue weighted by Gasteiger charge is -2.10. The van der Waals surface area contributed by atoms with Crippen LogP contribution in [-0.2, 0) is 12.8 Å². The molecule has 0 atom stereocenters. The number of benzene rings is 2. The zero-order chi connectivity index (χ0) is 16.3. The second-order valence-corrected chi connectivity index (χ2v) is 4.79. The van der Waals surface area contributed by atoms with Gasteiger partial charge in [-0.2, -0.15) is 13.2 Å². The highest BCUT2D eigenvalue weighted by atomic mass is 19.4. The van der Waals surface area contributed by atoms with Crippen LogP contribution in [0.15, 0.2) is 42.5 Å². The Bertz CT molecular complexity index is 679. The van der Waals surface area contributed by atoms with E-state index in [1.807, 2.05) is 0 Å². The molecule has 2 aromatic carbocycles. The minimum Gasteiger partial charge on any atom is -0.489 e. The van der Waals surface area contributed by atoms with Gasteiger partial charge in [-0.05, 0) is 36.8 Å². The SMILES string of the molecule is CC(=O)c1ccc(OCc2ccc(C(F)(F)F)cc2)cc1N. The molecule has 22 heavy (non-hydrogen) atoms. The van der Waals surface area contributed by atoms with Crippen molar-refractivity contribution in [1.29, 1.82) is 0 Å². The van der Waals surface area contributed by atoms with Gasteiger partial charge in [0.05, 0.1) is 5.56 Å². The van der Waals surface area contributed by atoms with E-state index in [-0.39, 0.29) is 12.4 Å². The quantitative estimate of drug-likeness (QED) is 0.684. The first kappa shape index (κ1) is 15.9. The van der Waals surface area contributed by atoms with Crippen LogP contribution in [0.5, 0.6) is 5.75 Å². The summed E-state index contributed by atoms with van der Waals surface area (Å²) in [7, 11) is 0. The first-order chi connectivity index (χ1) is 10.3. The lowest BCUT2D eigenvalue weighted by atomic mass is 10.1. The molecule has 6 heteroatoms. The average molecular weight is 309 g/mol. The van der Waals surface area contributed by atoms with Crippen molar-refractivity contribution in [3.8, 4) is 5.75 Å². The Morgan fingerprint density at radius 1 is 1.14 bits per heavy atom. The minimum absolute atomic E-state index is 0.108. The Balaban J connectivity index is 2.04. The molecule has 2 rings (SSSR count). The minimum atomic E-state index is -4.35. The van der Waals surface area contributed by atoms with E-state index in [9.17, 15) is 18.0 Å². The van der Waals surface area contributed by atoms with E-state index in [2.05, 4.69) is 0 Å². The van der Waals surface area contributed by atoms with Gasteiger partial charge in [0.25, 0.3) is 0 Å². The van der Waals surface area contributed by atoms with Crippen LogP contribution < -0.4 is 10.5 Å². The number of alkyl halides is 3. The summed E-state index contributed by atoms with van der Waals surface area (Å²) in [6.45, 7) is 1.52. The summed E-state index contributed by atoms with van der Waals surface area (Å²) in [4.78, 5) is 11.3. The van der Waals surface area contributed by atoms with Crippen LogP contribution in [0.3, 0.4) is 0 Å². The second kappa shape index (κ2) is 6.09. The van der Waals surface area contributed by atoms with Crippen molar-refractivity contribution < 1.29 is 22.7 Å². The zero-order valence-corrected chi connectivity index (χ0v) is 11.8. The van der Waals surface area contributed by atoms with Gasteiger partial charge in [0.2, 0.25) is 0 Å². The molecular weight excluding hydrogens is 295 g/mol. The fourth-order valence-corrected chi connectivity index (χ4v) is 1.91. The Labute approximate surface area is 125 Å². The molecule has 0 aliphatic rings. The molecule has 0 radical (unpaired) electrons. The molecule has 0 unspecified atom stereocenters. The van der Waals surface area contributed by atoms with Crippen molar-refractivity contribution in [2.24, 2.45) is 0 Å². The highest BCUT2D eigenvalue weighted by Crippen LogP contribution is 2.29. The maximum absolute atomic E-state index is 12.4. The third kappa shape index (κ3) is 3.78. The Kier molecular flexibility index (Phi) is 4.40. The monoisotopic (exact) mass is 309 g/mol. The molecule has 2 aromatic rings. The average Bonchev–Trinajstić information content (AvgIpc) is 2.44. The molecule has 0 fully saturated rings. The van der Waals surface area contributed by atoms with Gasteiger partial charge >= 0.3 is 6.18 Å². The van der Waals surface area contributed by atoms with Gasteiger partial charge < -0.3 is 10.5 Å². The topological polar surface area (TPSA) is 52.3 Å². The maximum Gasteiger partial charge on any atom is 0.416 e. The third-order valence-electron chi connectivity index (χ3n) is 3.09. The van der Waals surface area contributed by atoms with E-state index in [4.69, 9.17) is 10.5 Å². The molecule has 116 valence electrons. The number of ether oxygens (including phenoxy) is 1. The first-order valence-corrected chi connectivity index (χ1v) is 6.47. The summed E-state index contributed by atoms with van der Waals surface area (Å²) in [5, 5.41) is 0. The number of carbonyl (C=O) groups is 1. The molecule has 0 bridgehead atoms. The summed E-state index contributed by atoms with van der Waals surface area (Å²) >= 11 is 0. The van der Waals surface area contributed by atoms with E-state index in [0.717, 1.165) is 12.1 Å². The van der Waals surface area contributed by atoms with Crippen LogP contribution in [0, 0.1) is 0 Å². The summed E-state index contributed by atoms with van der Waals surface area (Å²) < 4.78 is 42.8. The van der Waals surface area contributed by atoms with Crippen molar-refractivity contribution >= 4 is 11.5 Å². The fraction of sp³-hybridized carbons (Fsp3) is 0.188. The molecule has 2 N–H and O–H groups in total. The number of rotatable bonds is 4. The van der Waals surface area contributed by atoms with Gasteiger partial charge in [0.1, 0.15) is 12.4 Å². The number of ketones is 1. The van der Waals surface area contributed by atoms with E-state index in [0.29, 0.717) is 22.6 Å². The van der Waals surface area contributed by atoms with Gasteiger partial charge in [0, 0.05) is 17.3 Å². The van der Waals surface area contributed by atoms with Crippen molar-refractivity contribution in [3.63, 3.8) is 0 Å². The summed E-state index contributed by atoms with van der Waals surface area (Å²) in [6, 6.07) is 9.39. The standard InChI is InChI=1S/C16H14F3NO2/c1-10(21)14-7-6-13(8-15(14)20)22-9-11-2-4-12(5-3-11)16(17,18)19/h2-8H,9,20H2,1H3. The molecule has 0 saturated heterocycles. The summed E-state index contributed by atoms with van der Waals surface area (Å²) in [5.74, 6) is 0.300. The lowest BCUT2D eigenvalue weighted by Crippen LogP contribution is -2.05. The molecule has 0 saturated carbocycles. The van der Waals surface area contributed by atoms with E-state index < -0.39 is 11.7 Å². The predicted molar refractivity (Wildman–Crippen MR) is 76.6 cm³/mol. The largest absolute Gasteiger partial charge is 0.489 e. The van der Waals surface area contributed by atoms with Crippen LogP contribution in [-0.4, -0.2) is 5.78 Å². The molecule has 0 aromatic heterocycles. The van der Waals surface area contributed by atoms with Crippen molar-refractivity contribution in [1.82, 2.24) is 0 Å². The molecule has 0 heterocycles. The number of nitrogen functional groups attached to an aromatic ring is 1. The molecule has 0 aliphatic heterocycles. The highest BCUT2D eigenvalue weighted by molar-refractivity contribution is 5.99. The number of carbonyl (C=O) groups excluding carboxylic acids is 1. The van der Waals surface area contributed by atoms with Gasteiger partial charge in [-0.3, -0.25) is 4.79 Å². The van der Waals surface area contributed by atoms with Gasteiger partial charge in [-0.1, -0.05) is 12.1 Å². The Morgan fingerprint density at radius 3 is 2.27 bits per heavy atom. The van der Waals surface area contributed by atoms with E-state index in [1.54, 1.807) is 12.1 Å². The number of anilines is 1. The highest BCUT2D eigenvalue weighted by Gasteiger charge is 2.29. The smallest absolute Gasteiger partial charge is 0.416 e. The number of Topliss-reactive ketones (excluding diaryl/α,β-unsaturated/α-hetero) is 1. The van der Waals surface area contributed by atoms with Crippen LogP contribution in [0.4, 0.5) is 18.9 Å². The zero-order valence-electron chi connectivity index (χ0n) is 11.8. The second-order valence-electron chi connectivity index (χ2n) is 4.79. The van der Waals surface area contributed by atoms with E-state index in [1.165, 1.54) is 25.1 Å². The fourth-order valence-electron chi connectivity index (χ4n) is 1.91. The number of hydrogen-bond donors (Lipinski definition) is 1. The van der Waals surface area contributed by atoms with Crippen LogP contribution in [0.25, 0.3) is 0 Å². The lowest BCUT2D eigenvalue weighted by molar-refractivity contribution is -0.137. The molecule has 3 nitrogen and oxygen atoms in total. The van der Waals surface area contributed by atoms with Gasteiger partial charge in [0.15, 0.2) is 5.78 Å². The van der Waals surface area contributed by atoms with Crippen LogP contribution in [0.1, 0.15) is 28.4 Å².